The van der Waals surface area contributed by atoms with Gasteiger partial charge in [0.25, 0.3) is 0 Å². The van der Waals surface area contributed by atoms with E-state index in [-0.39, 0.29) is 18.4 Å². The monoisotopic (exact) mass is 416 g/mol. The van der Waals surface area contributed by atoms with Gasteiger partial charge in [0.15, 0.2) is 0 Å². The van der Waals surface area contributed by atoms with Crippen molar-refractivity contribution >= 4 is 23.1 Å². The van der Waals surface area contributed by atoms with Gasteiger partial charge < -0.3 is 15.7 Å². The molecule has 0 bridgehead atoms. The van der Waals surface area contributed by atoms with Gasteiger partial charge in [0.05, 0.1) is 0 Å². The highest BCUT2D eigenvalue weighted by Crippen LogP contribution is 2.48. The third kappa shape index (κ3) is 3.49. The van der Waals surface area contributed by atoms with Gasteiger partial charge in [-0.3, -0.25) is 9.59 Å². The number of allylic oxidation sites excluding steroid dienone is 2. The molecule has 5 heteroatoms. The first kappa shape index (κ1) is 21.1. The molecular weight excluding hydrogens is 388 g/mol. The van der Waals surface area contributed by atoms with E-state index < -0.39 is 5.91 Å². The summed E-state index contributed by atoms with van der Waals surface area (Å²) in [6.07, 6.45) is 4.69. The average Bonchev–Trinajstić information content (AvgIpc) is 3.16. The van der Waals surface area contributed by atoms with Crippen LogP contribution in [0.25, 0.3) is 16.7 Å². The summed E-state index contributed by atoms with van der Waals surface area (Å²) >= 11 is 0. The van der Waals surface area contributed by atoms with Crippen LogP contribution in [0.1, 0.15) is 46.3 Å². The maximum Gasteiger partial charge on any atom is 0.250 e. The van der Waals surface area contributed by atoms with Crippen LogP contribution in [0.2, 0.25) is 0 Å². The van der Waals surface area contributed by atoms with E-state index in [1.807, 2.05) is 31.2 Å². The summed E-state index contributed by atoms with van der Waals surface area (Å²) < 4.78 is 0. The average molecular weight is 417 g/mol. The number of nitrogens with zero attached hydrogens (tertiary/aromatic N) is 1. The second-order valence-corrected chi connectivity index (χ2v) is 8.48. The lowest BCUT2D eigenvalue weighted by Gasteiger charge is -2.24. The standard InChI is InChI=1S/C26H28N2O3/c1-4-24(30)28(3)23-7-5-6-18(15(23)2)20-10-11-21(26(27)31)22-13-17-12-16(14-29)8-9-19(17)25(20)22/h4-7,10-11,16,29H,1,8-9,12-14H2,2-3H3,(H2,27,31). The lowest BCUT2D eigenvalue weighted by Crippen LogP contribution is -2.24. The van der Waals surface area contributed by atoms with Crippen LogP contribution in [0, 0.1) is 12.8 Å². The largest absolute Gasteiger partial charge is 0.396 e. The van der Waals surface area contributed by atoms with Gasteiger partial charge in [-0.1, -0.05) is 30.4 Å². The Morgan fingerprint density at radius 1 is 1.26 bits per heavy atom. The van der Waals surface area contributed by atoms with Crippen molar-refractivity contribution in [2.24, 2.45) is 11.7 Å². The van der Waals surface area contributed by atoms with E-state index in [0.29, 0.717) is 12.0 Å². The predicted octanol–water partition coefficient (Wildman–Crippen LogP) is 4.01. The number of fused-ring (bicyclic) bond motifs is 2. The summed E-state index contributed by atoms with van der Waals surface area (Å²) in [4.78, 5) is 26.0. The highest BCUT2D eigenvalue weighted by atomic mass is 16.3. The second-order valence-electron chi connectivity index (χ2n) is 8.48. The molecule has 1 atom stereocenters. The number of nitrogens with two attached hydrogens (primary N) is 1. The van der Waals surface area contributed by atoms with E-state index in [0.717, 1.165) is 52.8 Å². The van der Waals surface area contributed by atoms with E-state index in [4.69, 9.17) is 5.73 Å². The molecule has 2 aliphatic carbocycles. The normalized spacial score (nSPS) is 17.2. The summed E-state index contributed by atoms with van der Waals surface area (Å²) in [7, 11) is 1.74. The van der Waals surface area contributed by atoms with E-state index in [9.17, 15) is 14.7 Å². The number of carbonyl (C=O) groups excluding carboxylic acids is 2. The van der Waals surface area contributed by atoms with Gasteiger partial charge in [-0.2, -0.15) is 0 Å². The van der Waals surface area contributed by atoms with Crippen LogP contribution in [0.5, 0.6) is 0 Å². The zero-order valence-electron chi connectivity index (χ0n) is 18.1. The number of anilines is 1. The molecule has 0 heterocycles. The molecule has 160 valence electrons. The molecule has 31 heavy (non-hydrogen) atoms. The van der Waals surface area contributed by atoms with Crippen molar-refractivity contribution in [3.05, 3.63) is 70.8 Å². The molecule has 0 saturated heterocycles. The highest BCUT2D eigenvalue weighted by Gasteiger charge is 2.32. The van der Waals surface area contributed by atoms with Crippen molar-refractivity contribution in [1.29, 1.82) is 0 Å². The Bertz CT molecular complexity index is 1130. The molecule has 2 amide bonds. The van der Waals surface area contributed by atoms with Crippen molar-refractivity contribution in [3.8, 4) is 11.1 Å². The minimum Gasteiger partial charge on any atom is -0.396 e. The van der Waals surface area contributed by atoms with Crippen LogP contribution in [-0.2, 0) is 11.2 Å². The summed E-state index contributed by atoms with van der Waals surface area (Å²) in [5.74, 6) is -0.304. The molecule has 0 spiro atoms. The molecule has 4 rings (SSSR count). The molecule has 2 aromatic carbocycles. The maximum absolute atomic E-state index is 12.2. The summed E-state index contributed by atoms with van der Waals surface area (Å²) in [6, 6.07) is 9.74. The molecule has 2 aliphatic rings. The Morgan fingerprint density at radius 3 is 2.71 bits per heavy atom. The number of amides is 2. The molecule has 0 aromatic heterocycles. The van der Waals surface area contributed by atoms with Crippen molar-refractivity contribution in [3.63, 3.8) is 0 Å². The molecule has 0 radical (unpaired) electrons. The zero-order chi connectivity index (χ0) is 22.3. The van der Waals surface area contributed by atoms with Gasteiger partial charge in [-0.25, -0.2) is 0 Å². The van der Waals surface area contributed by atoms with Crippen LogP contribution in [0.3, 0.4) is 0 Å². The number of benzene rings is 2. The first-order chi connectivity index (χ1) is 14.9. The van der Waals surface area contributed by atoms with E-state index in [1.165, 1.54) is 17.2 Å². The van der Waals surface area contributed by atoms with Gasteiger partial charge >= 0.3 is 0 Å². The smallest absolute Gasteiger partial charge is 0.250 e. The molecule has 5 nitrogen and oxygen atoms in total. The van der Waals surface area contributed by atoms with E-state index in [1.54, 1.807) is 11.9 Å². The number of rotatable bonds is 5. The first-order valence-electron chi connectivity index (χ1n) is 10.6. The van der Waals surface area contributed by atoms with Gasteiger partial charge in [-0.05, 0) is 90.1 Å². The molecule has 1 unspecified atom stereocenters. The fourth-order valence-electron chi connectivity index (χ4n) is 5.11. The molecule has 3 N–H and O–H groups in total. The summed E-state index contributed by atoms with van der Waals surface area (Å²) in [6.45, 7) is 5.79. The Kier molecular flexibility index (Phi) is 5.54. The zero-order valence-corrected chi connectivity index (χ0v) is 18.1. The van der Waals surface area contributed by atoms with Crippen molar-refractivity contribution in [2.45, 2.75) is 32.6 Å². The second kappa shape index (κ2) is 8.16. The number of aliphatic hydroxyl groups excluding tert-OH is 1. The fraction of sp³-hybridized carbons (Fsp3) is 0.308. The Balaban J connectivity index is 1.90. The number of primary amides is 1. The van der Waals surface area contributed by atoms with Gasteiger partial charge in [-0.15, -0.1) is 0 Å². The van der Waals surface area contributed by atoms with Crippen LogP contribution in [0.4, 0.5) is 5.69 Å². The fourth-order valence-corrected chi connectivity index (χ4v) is 5.11. The van der Waals surface area contributed by atoms with Crippen LogP contribution < -0.4 is 10.6 Å². The minimum atomic E-state index is -0.414. The first-order valence-corrected chi connectivity index (χ1v) is 10.6. The highest BCUT2D eigenvalue weighted by molar-refractivity contribution is 6.03. The SMILES string of the molecule is C=CC(=O)N(C)c1cccc(-c2ccc(C(N)=O)c3c2C2=C(C3)CC(CO)CC2)c1C. The predicted molar refractivity (Wildman–Crippen MR) is 124 cm³/mol. The quantitative estimate of drug-likeness (QED) is 0.723. The van der Waals surface area contributed by atoms with Crippen molar-refractivity contribution < 1.29 is 14.7 Å². The minimum absolute atomic E-state index is 0.165. The van der Waals surface area contributed by atoms with Crippen LogP contribution in [-0.4, -0.2) is 30.6 Å². The van der Waals surface area contributed by atoms with Crippen LogP contribution >= 0.6 is 0 Å². The molecule has 0 aliphatic heterocycles. The van der Waals surface area contributed by atoms with E-state index >= 15 is 0 Å². The lowest BCUT2D eigenvalue weighted by atomic mass is 9.82. The number of hydrogen-bond acceptors (Lipinski definition) is 3. The molecule has 2 aromatic rings. The number of likely N-dealkylation sites (N-methyl/N-ethyl adjacent to an activating group) is 1. The Morgan fingerprint density at radius 2 is 2.03 bits per heavy atom. The third-order valence-corrected chi connectivity index (χ3v) is 6.75. The molecule has 0 fully saturated rings. The lowest BCUT2D eigenvalue weighted by molar-refractivity contribution is -0.113. The number of carbonyl (C=O) groups is 2. The topological polar surface area (TPSA) is 83.6 Å². The Labute approximate surface area is 182 Å². The van der Waals surface area contributed by atoms with Gasteiger partial charge in [0, 0.05) is 24.9 Å². The van der Waals surface area contributed by atoms with Crippen molar-refractivity contribution in [2.75, 3.05) is 18.6 Å². The Hall–Kier alpha value is -3.18. The number of aliphatic hydroxyl groups is 1. The maximum atomic E-state index is 12.2. The number of hydrogen-bond donors (Lipinski definition) is 2. The summed E-state index contributed by atoms with van der Waals surface area (Å²) in [5.41, 5.74) is 14.9. The summed E-state index contributed by atoms with van der Waals surface area (Å²) in [5, 5.41) is 9.65. The molecular formula is C26H28N2O3. The van der Waals surface area contributed by atoms with E-state index in [2.05, 4.69) is 12.6 Å². The van der Waals surface area contributed by atoms with Gasteiger partial charge in [0.1, 0.15) is 0 Å². The van der Waals surface area contributed by atoms with Crippen LogP contribution in [0.15, 0.2) is 48.6 Å². The van der Waals surface area contributed by atoms with Gasteiger partial charge in [0.2, 0.25) is 11.8 Å². The molecule has 0 saturated carbocycles. The van der Waals surface area contributed by atoms with Crippen molar-refractivity contribution in [1.82, 2.24) is 0 Å². The third-order valence-electron chi connectivity index (χ3n) is 6.75.